The topological polar surface area (TPSA) is 114 Å². The van der Waals surface area contributed by atoms with E-state index < -0.39 is 35.7 Å². The number of nitrogens with one attached hydrogen (secondary N) is 2. The molecule has 0 aliphatic rings. The van der Waals surface area contributed by atoms with Crippen LogP contribution in [0.5, 0.6) is 0 Å². The van der Waals surface area contributed by atoms with Gasteiger partial charge in [0, 0.05) is 19.4 Å². The Labute approximate surface area is 194 Å². The van der Waals surface area contributed by atoms with E-state index in [-0.39, 0.29) is 26.1 Å². The minimum atomic E-state index is -1.06. The van der Waals surface area contributed by atoms with Crippen LogP contribution in [-0.4, -0.2) is 47.4 Å². The van der Waals surface area contributed by atoms with Gasteiger partial charge in [0.2, 0.25) is 5.91 Å². The molecule has 0 aromatic heterocycles. The molecule has 0 aliphatic heterocycles. The highest BCUT2D eigenvalue weighted by Crippen LogP contribution is 2.10. The molecule has 0 radical (unpaired) electrons. The van der Waals surface area contributed by atoms with Gasteiger partial charge in [-0.1, -0.05) is 60.7 Å². The van der Waals surface area contributed by atoms with Crippen LogP contribution in [-0.2, 0) is 32.1 Å². The lowest BCUT2D eigenvalue weighted by Crippen LogP contribution is -2.53. The number of alkyl carbamates (subject to hydrolysis) is 1. The minimum absolute atomic E-state index is 0.0240. The Bertz CT molecular complexity index is 896. The van der Waals surface area contributed by atoms with Crippen LogP contribution in [0.1, 0.15) is 38.3 Å². The second kappa shape index (κ2) is 12.6. The molecule has 178 valence electrons. The summed E-state index contributed by atoms with van der Waals surface area (Å²) in [6.45, 7) is 4.88. The van der Waals surface area contributed by atoms with Gasteiger partial charge in [0.1, 0.15) is 24.3 Å². The molecule has 0 fully saturated rings. The molecule has 2 aromatic carbocycles. The van der Waals surface area contributed by atoms with Gasteiger partial charge in [-0.05, 0) is 31.9 Å². The summed E-state index contributed by atoms with van der Waals surface area (Å²) < 4.78 is 10.6. The first-order chi connectivity index (χ1) is 15.7. The van der Waals surface area contributed by atoms with Crippen LogP contribution in [0.15, 0.2) is 60.7 Å². The summed E-state index contributed by atoms with van der Waals surface area (Å²) >= 11 is 0. The zero-order chi connectivity index (χ0) is 24.3. The van der Waals surface area contributed by atoms with Gasteiger partial charge in [-0.25, -0.2) is 9.59 Å². The molecule has 0 bridgehead atoms. The predicted molar refractivity (Wildman–Crippen MR) is 123 cm³/mol. The van der Waals surface area contributed by atoms with Crippen molar-refractivity contribution >= 4 is 18.0 Å². The van der Waals surface area contributed by atoms with E-state index in [9.17, 15) is 19.5 Å². The SMILES string of the molecule is CC(C)(C)OC(=O)N[C@@H](Cc1ccccc1)C(=O)N[C@@H](CCO)C(=O)OCc1ccccc1. The van der Waals surface area contributed by atoms with Crippen LogP contribution in [0, 0.1) is 0 Å². The Morgan fingerprint density at radius 3 is 2.00 bits per heavy atom. The van der Waals surface area contributed by atoms with Crippen molar-refractivity contribution in [2.45, 2.75) is 57.9 Å². The van der Waals surface area contributed by atoms with Crippen molar-refractivity contribution in [2.75, 3.05) is 6.61 Å². The van der Waals surface area contributed by atoms with Crippen molar-refractivity contribution in [2.24, 2.45) is 0 Å². The summed E-state index contributed by atoms with van der Waals surface area (Å²) in [6, 6.07) is 16.2. The number of rotatable bonds is 10. The van der Waals surface area contributed by atoms with Gasteiger partial charge >= 0.3 is 12.1 Å². The molecular weight excluding hydrogens is 424 g/mol. The molecule has 33 heavy (non-hydrogen) atoms. The van der Waals surface area contributed by atoms with Gasteiger partial charge in [0.15, 0.2) is 0 Å². The lowest BCUT2D eigenvalue weighted by Gasteiger charge is -2.25. The van der Waals surface area contributed by atoms with Gasteiger partial charge in [0.05, 0.1) is 0 Å². The molecule has 2 atom stereocenters. The average Bonchev–Trinajstić information content (AvgIpc) is 2.77. The molecule has 2 amide bonds. The highest BCUT2D eigenvalue weighted by Gasteiger charge is 2.29. The largest absolute Gasteiger partial charge is 0.459 e. The number of aliphatic hydroxyl groups is 1. The highest BCUT2D eigenvalue weighted by atomic mass is 16.6. The van der Waals surface area contributed by atoms with Gasteiger partial charge in [-0.3, -0.25) is 4.79 Å². The predicted octanol–water partition coefficient (Wildman–Crippen LogP) is 2.73. The fourth-order valence-corrected chi connectivity index (χ4v) is 2.99. The molecule has 3 N–H and O–H groups in total. The molecule has 8 nitrogen and oxygen atoms in total. The van der Waals surface area contributed by atoms with Gasteiger partial charge in [0.25, 0.3) is 0 Å². The Kier molecular flexibility index (Phi) is 9.87. The first-order valence-corrected chi connectivity index (χ1v) is 10.8. The highest BCUT2D eigenvalue weighted by molar-refractivity contribution is 5.90. The Morgan fingerprint density at radius 2 is 1.45 bits per heavy atom. The van der Waals surface area contributed by atoms with Crippen LogP contribution in [0.25, 0.3) is 0 Å². The summed E-state index contributed by atoms with van der Waals surface area (Å²) in [6.07, 6.45) is -0.579. The van der Waals surface area contributed by atoms with Crippen molar-refractivity contribution in [1.29, 1.82) is 0 Å². The zero-order valence-electron chi connectivity index (χ0n) is 19.2. The van der Waals surface area contributed by atoms with Crippen molar-refractivity contribution in [3.8, 4) is 0 Å². The number of carbonyl (C=O) groups is 3. The summed E-state index contributed by atoms with van der Waals surface area (Å²) in [5.74, 6) is -1.25. The fourth-order valence-electron chi connectivity index (χ4n) is 2.99. The Balaban J connectivity index is 2.08. The standard InChI is InChI=1S/C25H32N2O6/c1-25(2,3)33-24(31)27-21(16-18-10-6-4-7-11-18)22(29)26-20(14-15-28)23(30)32-17-19-12-8-5-9-13-19/h4-13,20-21,28H,14-17H2,1-3H3,(H,26,29)(H,27,31)/t20-,21-/m0/s1. The second-order valence-corrected chi connectivity index (χ2v) is 8.56. The molecule has 2 aromatic rings. The second-order valence-electron chi connectivity index (χ2n) is 8.56. The molecule has 0 spiro atoms. The van der Waals surface area contributed by atoms with E-state index in [1.165, 1.54) is 0 Å². The third-order valence-electron chi connectivity index (χ3n) is 4.53. The van der Waals surface area contributed by atoms with Crippen molar-refractivity contribution in [1.82, 2.24) is 10.6 Å². The monoisotopic (exact) mass is 456 g/mol. The molecule has 0 aliphatic carbocycles. The van der Waals surface area contributed by atoms with Crippen LogP contribution in [0.3, 0.4) is 0 Å². The third kappa shape index (κ3) is 9.74. The number of amides is 2. The Morgan fingerprint density at radius 1 is 0.879 bits per heavy atom. The summed E-state index contributed by atoms with van der Waals surface area (Å²) in [5, 5.41) is 14.6. The number of ether oxygens (including phenoxy) is 2. The van der Waals surface area contributed by atoms with Gasteiger partial charge < -0.3 is 25.2 Å². The lowest BCUT2D eigenvalue weighted by molar-refractivity contribution is -0.149. The van der Waals surface area contributed by atoms with Crippen LogP contribution in [0.2, 0.25) is 0 Å². The van der Waals surface area contributed by atoms with Crippen LogP contribution >= 0.6 is 0 Å². The summed E-state index contributed by atoms with van der Waals surface area (Å²) in [4.78, 5) is 37.9. The first kappa shape index (κ1) is 25.9. The number of aliphatic hydroxyl groups excluding tert-OH is 1. The van der Waals surface area contributed by atoms with Crippen LogP contribution < -0.4 is 10.6 Å². The summed E-state index contributed by atoms with van der Waals surface area (Å²) in [7, 11) is 0. The van der Waals surface area contributed by atoms with E-state index >= 15 is 0 Å². The number of hydrogen-bond donors (Lipinski definition) is 3. The maximum Gasteiger partial charge on any atom is 0.408 e. The van der Waals surface area contributed by atoms with Crippen molar-refractivity contribution in [3.05, 3.63) is 71.8 Å². The first-order valence-electron chi connectivity index (χ1n) is 10.8. The van der Waals surface area contributed by atoms with E-state index in [1.54, 1.807) is 20.8 Å². The van der Waals surface area contributed by atoms with E-state index in [4.69, 9.17) is 9.47 Å². The number of carbonyl (C=O) groups excluding carboxylic acids is 3. The summed E-state index contributed by atoms with van der Waals surface area (Å²) in [5.41, 5.74) is 0.881. The van der Waals surface area contributed by atoms with E-state index in [0.717, 1.165) is 11.1 Å². The van der Waals surface area contributed by atoms with E-state index in [2.05, 4.69) is 10.6 Å². The smallest absolute Gasteiger partial charge is 0.408 e. The minimum Gasteiger partial charge on any atom is -0.459 e. The molecule has 0 saturated carbocycles. The fraction of sp³-hybridized carbons (Fsp3) is 0.400. The van der Waals surface area contributed by atoms with Crippen molar-refractivity contribution < 1.29 is 29.0 Å². The number of esters is 1. The van der Waals surface area contributed by atoms with Crippen LogP contribution in [0.4, 0.5) is 4.79 Å². The zero-order valence-corrected chi connectivity index (χ0v) is 19.2. The Hall–Kier alpha value is -3.39. The maximum absolute atomic E-state index is 13.0. The molecular formula is C25H32N2O6. The average molecular weight is 457 g/mol. The number of hydrogen-bond acceptors (Lipinski definition) is 6. The molecule has 0 unspecified atom stereocenters. The number of benzene rings is 2. The molecule has 0 heterocycles. The lowest BCUT2D eigenvalue weighted by atomic mass is 10.0. The normalized spacial score (nSPS) is 12.8. The molecule has 8 heteroatoms. The van der Waals surface area contributed by atoms with Crippen molar-refractivity contribution in [3.63, 3.8) is 0 Å². The maximum atomic E-state index is 13.0. The molecule has 0 saturated heterocycles. The van der Waals surface area contributed by atoms with Gasteiger partial charge in [-0.15, -0.1) is 0 Å². The third-order valence-corrected chi connectivity index (χ3v) is 4.53. The van der Waals surface area contributed by atoms with Gasteiger partial charge in [-0.2, -0.15) is 0 Å². The van der Waals surface area contributed by atoms with E-state index in [1.807, 2.05) is 60.7 Å². The quantitative estimate of drug-likeness (QED) is 0.474. The molecule has 2 rings (SSSR count). The van der Waals surface area contributed by atoms with E-state index in [0.29, 0.717) is 0 Å².